The first-order valence-corrected chi connectivity index (χ1v) is 12.0. The van der Waals surface area contributed by atoms with Crippen LogP contribution in [-0.4, -0.2) is 22.6 Å². The van der Waals surface area contributed by atoms with Gasteiger partial charge in [-0.15, -0.1) is 0 Å². The molecule has 1 atom stereocenters. The van der Waals surface area contributed by atoms with Gasteiger partial charge in [0.05, 0.1) is 18.0 Å². The summed E-state index contributed by atoms with van der Waals surface area (Å²) >= 11 is 6.39. The number of nitrogens with one attached hydrogen (secondary N) is 3. The van der Waals surface area contributed by atoms with Gasteiger partial charge < -0.3 is 20.7 Å². The van der Waals surface area contributed by atoms with Gasteiger partial charge in [-0.25, -0.2) is 4.98 Å². The van der Waals surface area contributed by atoms with Crippen LogP contribution in [-0.2, 0) is 0 Å². The van der Waals surface area contributed by atoms with E-state index in [-0.39, 0.29) is 6.10 Å². The van der Waals surface area contributed by atoms with E-state index in [0.29, 0.717) is 22.8 Å². The monoisotopic (exact) mass is 465 g/mol. The molecule has 0 aliphatic carbocycles. The van der Waals surface area contributed by atoms with Crippen LogP contribution in [0.1, 0.15) is 55.8 Å². The Balaban J connectivity index is 1.63. The first-order valence-electron chi connectivity index (χ1n) is 11.6. The minimum atomic E-state index is 0.0461. The van der Waals surface area contributed by atoms with Gasteiger partial charge in [0.1, 0.15) is 10.8 Å². The summed E-state index contributed by atoms with van der Waals surface area (Å²) in [7, 11) is 0. The number of hydrogen-bond donors (Lipinski definition) is 3. The molecule has 1 aromatic heterocycles. The van der Waals surface area contributed by atoms with Gasteiger partial charge in [-0.3, -0.25) is 0 Å². The number of aromatic nitrogens is 2. The highest BCUT2D eigenvalue weighted by Crippen LogP contribution is 2.36. The maximum atomic E-state index is 6.39. The first-order chi connectivity index (χ1) is 15.9. The summed E-state index contributed by atoms with van der Waals surface area (Å²) in [5, 5.41) is 10.8. The highest BCUT2D eigenvalue weighted by atomic mass is 35.5. The fraction of sp³-hybridized carbons (Fsp3) is 0.385. The van der Waals surface area contributed by atoms with Crippen LogP contribution in [0.15, 0.2) is 42.6 Å². The molecular formula is C26H32ClN5O. The minimum absolute atomic E-state index is 0.0461. The summed E-state index contributed by atoms with van der Waals surface area (Å²) in [4.78, 5) is 9.03. The lowest BCUT2D eigenvalue weighted by atomic mass is 9.93. The predicted octanol–water partition coefficient (Wildman–Crippen LogP) is 6.84. The molecule has 0 spiro atoms. The van der Waals surface area contributed by atoms with Gasteiger partial charge in [0, 0.05) is 11.7 Å². The Morgan fingerprint density at radius 2 is 1.88 bits per heavy atom. The average Bonchev–Trinajstić information content (AvgIpc) is 2.79. The van der Waals surface area contributed by atoms with Crippen molar-refractivity contribution >= 4 is 34.7 Å². The number of benzene rings is 2. The first kappa shape index (κ1) is 23.3. The second-order valence-corrected chi connectivity index (χ2v) is 9.24. The SMILES string of the molecule is Cc1ccccc1Nc1nc(Nc2cc(C)c(C3CCCCN3)cc2OC(C)C)ncc1Cl. The number of aryl methyl sites for hydroxylation is 2. The second-order valence-electron chi connectivity index (χ2n) is 8.83. The van der Waals surface area contributed by atoms with Gasteiger partial charge in [-0.1, -0.05) is 36.2 Å². The van der Waals surface area contributed by atoms with Crippen molar-refractivity contribution in [1.82, 2.24) is 15.3 Å². The molecular weight excluding hydrogens is 434 g/mol. The summed E-state index contributed by atoms with van der Waals surface area (Å²) in [6.45, 7) is 9.30. The Kier molecular flexibility index (Phi) is 7.36. The highest BCUT2D eigenvalue weighted by Gasteiger charge is 2.20. The Labute approximate surface area is 201 Å². The number of nitrogens with zero attached hydrogens (tertiary/aromatic N) is 2. The van der Waals surface area contributed by atoms with Crippen LogP contribution in [0.2, 0.25) is 5.02 Å². The number of ether oxygens (including phenoxy) is 1. The van der Waals surface area contributed by atoms with E-state index in [1.54, 1.807) is 6.20 Å². The van der Waals surface area contributed by atoms with Crippen LogP contribution in [0, 0.1) is 13.8 Å². The molecule has 1 aliphatic rings. The third-order valence-electron chi connectivity index (χ3n) is 5.81. The number of rotatable bonds is 7. The van der Waals surface area contributed by atoms with Gasteiger partial charge in [-0.05, 0) is 82.0 Å². The Hall–Kier alpha value is -2.83. The summed E-state index contributed by atoms with van der Waals surface area (Å²) in [5.41, 5.74) is 5.39. The molecule has 0 radical (unpaired) electrons. The van der Waals surface area contributed by atoms with Gasteiger partial charge in [0.15, 0.2) is 5.82 Å². The number of anilines is 4. The van der Waals surface area contributed by atoms with Crippen molar-refractivity contribution in [3.8, 4) is 5.75 Å². The summed E-state index contributed by atoms with van der Waals surface area (Å²) in [6, 6.07) is 12.6. The fourth-order valence-electron chi connectivity index (χ4n) is 4.12. The van der Waals surface area contributed by atoms with E-state index in [1.165, 1.54) is 24.0 Å². The average molecular weight is 466 g/mol. The van der Waals surface area contributed by atoms with Crippen LogP contribution < -0.4 is 20.7 Å². The van der Waals surface area contributed by atoms with Crippen LogP contribution in [0.25, 0.3) is 0 Å². The maximum Gasteiger partial charge on any atom is 0.229 e. The third kappa shape index (κ3) is 5.75. The van der Waals surface area contributed by atoms with Crippen molar-refractivity contribution in [2.75, 3.05) is 17.2 Å². The fourth-order valence-corrected chi connectivity index (χ4v) is 4.26. The molecule has 7 heteroatoms. The molecule has 2 heterocycles. The van der Waals surface area contributed by atoms with Crippen molar-refractivity contribution < 1.29 is 4.74 Å². The minimum Gasteiger partial charge on any atom is -0.489 e. The van der Waals surface area contributed by atoms with Crippen molar-refractivity contribution in [3.05, 3.63) is 64.3 Å². The molecule has 6 nitrogen and oxygen atoms in total. The molecule has 3 N–H and O–H groups in total. The van der Waals surface area contributed by atoms with Gasteiger partial charge in [-0.2, -0.15) is 4.98 Å². The Morgan fingerprint density at radius 1 is 1.06 bits per heavy atom. The molecule has 1 fully saturated rings. The van der Waals surface area contributed by atoms with E-state index < -0.39 is 0 Å². The zero-order valence-corrected chi connectivity index (χ0v) is 20.5. The maximum absolute atomic E-state index is 6.39. The van der Waals surface area contributed by atoms with Gasteiger partial charge in [0.25, 0.3) is 0 Å². The van der Waals surface area contributed by atoms with Crippen LogP contribution in [0.4, 0.5) is 23.1 Å². The molecule has 0 bridgehead atoms. The van der Waals surface area contributed by atoms with E-state index in [2.05, 4.69) is 45.0 Å². The molecule has 1 aliphatic heterocycles. The largest absolute Gasteiger partial charge is 0.489 e. The summed E-state index contributed by atoms with van der Waals surface area (Å²) in [6.07, 6.45) is 5.27. The van der Waals surface area contributed by atoms with Crippen LogP contribution in [0.3, 0.4) is 0 Å². The normalized spacial score (nSPS) is 16.0. The lowest BCUT2D eigenvalue weighted by Crippen LogP contribution is -2.27. The van der Waals surface area contributed by atoms with E-state index in [0.717, 1.165) is 35.7 Å². The van der Waals surface area contributed by atoms with Crippen molar-refractivity contribution in [1.29, 1.82) is 0 Å². The van der Waals surface area contributed by atoms with Gasteiger partial charge >= 0.3 is 0 Å². The van der Waals surface area contributed by atoms with Crippen LogP contribution >= 0.6 is 11.6 Å². The van der Waals surface area contributed by atoms with Crippen molar-refractivity contribution in [2.24, 2.45) is 0 Å². The lowest BCUT2D eigenvalue weighted by molar-refractivity contribution is 0.243. The lowest BCUT2D eigenvalue weighted by Gasteiger charge is -2.27. The van der Waals surface area contributed by atoms with Crippen LogP contribution in [0.5, 0.6) is 5.75 Å². The molecule has 33 heavy (non-hydrogen) atoms. The zero-order valence-electron chi connectivity index (χ0n) is 19.7. The molecule has 4 rings (SSSR count). The Morgan fingerprint density at radius 3 is 2.61 bits per heavy atom. The van der Waals surface area contributed by atoms with E-state index in [1.807, 2.05) is 45.0 Å². The zero-order chi connectivity index (χ0) is 23.4. The molecule has 174 valence electrons. The molecule has 3 aromatic rings. The molecule has 1 unspecified atom stereocenters. The highest BCUT2D eigenvalue weighted by molar-refractivity contribution is 6.32. The van der Waals surface area contributed by atoms with E-state index in [9.17, 15) is 0 Å². The predicted molar refractivity (Wildman–Crippen MR) is 136 cm³/mol. The second kappa shape index (κ2) is 10.4. The number of hydrogen-bond acceptors (Lipinski definition) is 6. The third-order valence-corrected chi connectivity index (χ3v) is 6.08. The van der Waals surface area contributed by atoms with E-state index >= 15 is 0 Å². The smallest absolute Gasteiger partial charge is 0.229 e. The summed E-state index contributed by atoms with van der Waals surface area (Å²) < 4.78 is 6.18. The quantitative estimate of drug-likeness (QED) is 0.355. The number of para-hydroxylation sites is 1. The number of halogens is 1. The Bertz CT molecular complexity index is 1110. The number of piperidine rings is 1. The topological polar surface area (TPSA) is 71.1 Å². The molecule has 2 aromatic carbocycles. The van der Waals surface area contributed by atoms with E-state index in [4.69, 9.17) is 16.3 Å². The van der Waals surface area contributed by atoms with Crippen molar-refractivity contribution in [3.63, 3.8) is 0 Å². The van der Waals surface area contributed by atoms with Gasteiger partial charge in [0.2, 0.25) is 5.95 Å². The summed E-state index contributed by atoms with van der Waals surface area (Å²) in [5.74, 6) is 1.80. The molecule has 1 saturated heterocycles. The molecule has 0 saturated carbocycles. The standard InChI is InChI=1S/C26H32ClN5O/c1-16(2)33-24-14-19(22-11-7-8-12-28-22)18(4)13-23(24)31-26-29-15-20(27)25(32-26)30-21-10-6-5-9-17(21)3/h5-6,9-10,13-16,22,28H,7-8,11-12H2,1-4H3,(H2,29,30,31,32). The van der Waals surface area contributed by atoms with Crippen molar-refractivity contribution in [2.45, 2.75) is 59.1 Å². The molecule has 0 amide bonds.